The fraction of sp³-hybridized carbons (Fsp3) is 0.500. The first-order valence-corrected chi connectivity index (χ1v) is 7.27. The Hall–Kier alpha value is -2.04. The van der Waals surface area contributed by atoms with Crippen molar-refractivity contribution in [2.45, 2.75) is 34.1 Å². The fourth-order valence-corrected chi connectivity index (χ4v) is 2.15. The summed E-state index contributed by atoms with van der Waals surface area (Å²) in [5.41, 5.74) is 2.90. The predicted molar refractivity (Wildman–Crippen MR) is 83.6 cm³/mol. The first-order chi connectivity index (χ1) is 9.90. The summed E-state index contributed by atoms with van der Waals surface area (Å²) < 4.78 is 0. The van der Waals surface area contributed by atoms with Crippen molar-refractivity contribution >= 4 is 17.7 Å². The van der Waals surface area contributed by atoms with Crippen molar-refractivity contribution in [3.8, 4) is 0 Å². The monoisotopic (exact) mass is 292 g/mol. The van der Waals surface area contributed by atoms with Gasteiger partial charge in [-0.1, -0.05) is 32.0 Å². The number of anilines is 1. The molecule has 1 rings (SSSR count). The van der Waals surface area contributed by atoms with Crippen LogP contribution in [0, 0.1) is 12.8 Å². The highest BCUT2D eigenvalue weighted by Gasteiger charge is 2.20. The van der Waals surface area contributed by atoms with Crippen LogP contribution in [0.5, 0.6) is 0 Å². The summed E-state index contributed by atoms with van der Waals surface area (Å²) in [6.07, 6.45) is 0.828. The van der Waals surface area contributed by atoms with Crippen LogP contribution in [0.25, 0.3) is 0 Å². The zero-order chi connectivity index (χ0) is 16.0. The van der Waals surface area contributed by atoms with Gasteiger partial charge in [0.25, 0.3) is 0 Å². The number of para-hydroxylation sites is 1. The molecule has 0 aromatic heterocycles. The largest absolute Gasteiger partial charge is 0.481 e. The molecule has 0 aliphatic rings. The highest BCUT2D eigenvalue weighted by Crippen LogP contribution is 2.21. The average molecular weight is 292 g/mol. The number of hydrogen-bond donors (Lipinski definition) is 2. The Morgan fingerprint density at radius 2 is 2.00 bits per heavy atom. The van der Waals surface area contributed by atoms with Gasteiger partial charge in [0.05, 0.1) is 5.92 Å². The molecule has 0 saturated heterocycles. The van der Waals surface area contributed by atoms with Gasteiger partial charge >= 0.3 is 12.0 Å². The van der Waals surface area contributed by atoms with Crippen molar-refractivity contribution in [2.75, 3.05) is 18.4 Å². The minimum Gasteiger partial charge on any atom is -0.481 e. The van der Waals surface area contributed by atoms with Gasteiger partial charge in [0.1, 0.15) is 0 Å². The molecule has 0 radical (unpaired) electrons. The maximum atomic E-state index is 12.3. The Morgan fingerprint density at radius 1 is 1.33 bits per heavy atom. The summed E-state index contributed by atoms with van der Waals surface area (Å²) in [5, 5.41) is 11.9. The molecule has 0 bridgehead atoms. The van der Waals surface area contributed by atoms with Crippen molar-refractivity contribution in [1.82, 2.24) is 4.90 Å². The minimum absolute atomic E-state index is 0.199. The third kappa shape index (κ3) is 4.48. The van der Waals surface area contributed by atoms with Crippen molar-refractivity contribution < 1.29 is 14.7 Å². The SMILES string of the molecule is CCc1cccc(C)c1NC(=O)N(CC)CC(C)C(=O)O. The summed E-state index contributed by atoms with van der Waals surface area (Å²) in [6.45, 7) is 8.09. The standard InChI is InChI=1S/C16H24N2O3/c1-5-13-9-7-8-11(3)14(13)17-16(21)18(6-2)10-12(4)15(19)20/h7-9,12H,5-6,10H2,1-4H3,(H,17,21)(H,19,20). The molecule has 0 aliphatic carbocycles. The second kappa shape index (κ2) is 7.67. The maximum absolute atomic E-state index is 12.3. The lowest BCUT2D eigenvalue weighted by Gasteiger charge is -2.24. The number of carboxylic acids is 1. The van der Waals surface area contributed by atoms with Gasteiger partial charge in [0.15, 0.2) is 0 Å². The molecular formula is C16H24N2O3. The second-order valence-electron chi connectivity index (χ2n) is 5.17. The number of hydrogen-bond acceptors (Lipinski definition) is 2. The van der Waals surface area contributed by atoms with Crippen LogP contribution in [0.3, 0.4) is 0 Å². The van der Waals surface area contributed by atoms with Gasteiger partial charge in [-0.3, -0.25) is 4.79 Å². The normalized spacial score (nSPS) is 11.8. The summed E-state index contributed by atoms with van der Waals surface area (Å²) in [7, 11) is 0. The lowest BCUT2D eigenvalue weighted by atomic mass is 10.1. The number of aryl methyl sites for hydroxylation is 2. The van der Waals surface area contributed by atoms with Crippen LogP contribution in [-0.4, -0.2) is 35.1 Å². The van der Waals surface area contributed by atoms with Gasteiger partial charge in [0.2, 0.25) is 0 Å². The van der Waals surface area contributed by atoms with E-state index in [1.165, 1.54) is 4.90 Å². The molecule has 1 aromatic carbocycles. The van der Waals surface area contributed by atoms with Crippen LogP contribution < -0.4 is 5.32 Å². The molecule has 0 fully saturated rings. The van der Waals surface area contributed by atoms with E-state index in [1.54, 1.807) is 6.92 Å². The van der Waals surface area contributed by atoms with E-state index >= 15 is 0 Å². The van der Waals surface area contributed by atoms with Crippen LogP contribution in [0.4, 0.5) is 10.5 Å². The van der Waals surface area contributed by atoms with E-state index in [0.717, 1.165) is 23.2 Å². The number of rotatable bonds is 6. The quantitative estimate of drug-likeness (QED) is 0.846. The lowest BCUT2D eigenvalue weighted by Crippen LogP contribution is -2.39. The van der Waals surface area contributed by atoms with E-state index in [4.69, 9.17) is 5.11 Å². The van der Waals surface area contributed by atoms with Gasteiger partial charge in [0, 0.05) is 18.8 Å². The molecule has 1 aromatic rings. The molecule has 5 nitrogen and oxygen atoms in total. The Labute approximate surface area is 126 Å². The van der Waals surface area contributed by atoms with Crippen LogP contribution in [0.15, 0.2) is 18.2 Å². The number of carbonyl (C=O) groups excluding carboxylic acids is 1. The molecule has 2 amide bonds. The zero-order valence-electron chi connectivity index (χ0n) is 13.1. The van der Waals surface area contributed by atoms with E-state index in [-0.39, 0.29) is 12.6 Å². The van der Waals surface area contributed by atoms with Crippen molar-refractivity contribution in [3.63, 3.8) is 0 Å². The molecule has 1 unspecified atom stereocenters. The molecule has 0 spiro atoms. The van der Waals surface area contributed by atoms with Crippen molar-refractivity contribution in [2.24, 2.45) is 5.92 Å². The van der Waals surface area contributed by atoms with Gasteiger partial charge in [-0.25, -0.2) is 4.79 Å². The summed E-state index contributed by atoms with van der Waals surface area (Å²) >= 11 is 0. The Kier molecular flexibility index (Phi) is 6.21. The summed E-state index contributed by atoms with van der Waals surface area (Å²) in [4.78, 5) is 24.8. The number of nitrogens with one attached hydrogen (secondary N) is 1. The first-order valence-electron chi connectivity index (χ1n) is 7.27. The lowest BCUT2D eigenvalue weighted by molar-refractivity contribution is -0.141. The van der Waals surface area contributed by atoms with Gasteiger partial charge < -0.3 is 15.3 Å². The highest BCUT2D eigenvalue weighted by molar-refractivity contribution is 5.91. The van der Waals surface area contributed by atoms with E-state index in [1.807, 2.05) is 39.0 Å². The smallest absolute Gasteiger partial charge is 0.321 e. The van der Waals surface area contributed by atoms with E-state index < -0.39 is 11.9 Å². The Bertz CT molecular complexity index is 514. The molecule has 21 heavy (non-hydrogen) atoms. The summed E-state index contributed by atoms with van der Waals surface area (Å²) in [5.74, 6) is -1.48. The van der Waals surface area contributed by atoms with Crippen LogP contribution in [0.2, 0.25) is 0 Å². The van der Waals surface area contributed by atoms with Gasteiger partial charge in [-0.05, 0) is 31.4 Å². The number of amides is 2. The number of nitrogens with zero attached hydrogens (tertiary/aromatic N) is 1. The zero-order valence-corrected chi connectivity index (χ0v) is 13.1. The molecule has 1 atom stereocenters. The molecule has 2 N–H and O–H groups in total. The highest BCUT2D eigenvalue weighted by atomic mass is 16.4. The summed E-state index contributed by atoms with van der Waals surface area (Å²) in [6, 6.07) is 5.65. The third-order valence-electron chi connectivity index (χ3n) is 3.56. The molecule has 0 saturated carbocycles. The van der Waals surface area contributed by atoms with Crippen molar-refractivity contribution in [1.29, 1.82) is 0 Å². The number of urea groups is 1. The van der Waals surface area contributed by atoms with Crippen LogP contribution in [0.1, 0.15) is 31.9 Å². The number of carboxylic acid groups (broad SMARTS) is 1. The Balaban J connectivity index is 2.86. The van der Waals surface area contributed by atoms with E-state index in [9.17, 15) is 9.59 Å². The fourth-order valence-electron chi connectivity index (χ4n) is 2.15. The average Bonchev–Trinajstić information content (AvgIpc) is 2.46. The Morgan fingerprint density at radius 3 is 2.52 bits per heavy atom. The second-order valence-corrected chi connectivity index (χ2v) is 5.17. The topological polar surface area (TPSA) is 69.6 Å². The maximum Gasteiger partial charge on any atom is 0.321 e. The van der Waals surface area contributed by atoms with Gasteiger partial charge in [-0.15, -0.1) is 0 Å². The minimum atomic E-state index is -0.897. The van der Waals surface area contributed by atoms with E-state index in [2.05, 4.69) is 5.32 Å². The third-order valence-corrected chi connectivity index (χ3v) is 3.56. The first kappa shape index (κ1) is 17.0. The van der Waals surface area contributed by atoms with Crippen molar-refractivity contribution in [3.05, 3.63) is 29.3 Å². The van der Waals surface area contributed by atoms with Gasteiger partial charge in [-0.2, -0.15) is 0 Å². The number of benzene rings is 1. The molecule has 116 valence electrons. The molecule has 5 heteroatoms. The van der Waals surface area contributed by atoms with Crippen LogP contribution >= 0.6 is 0 Å². The number of aliphatic carboxylic acids is 1. The van der Waals surface area contributed by atoms with Crippen LogP contribution in [-0.2, 0) is 11.2 Å². The molecular weight excluding hydrogens is 268 g/mol. The molecule has 0 heterocycles. The van der Waals surface area contributed by atoms with E-state index in [0.29, 0.717) is 6.54 Å². The predicted octanol–water partition coefficient (Wildman–Crippen LogP) is 3.13. The number of carbonyl (C=O) groups is 2. The molecule has 0 aliphatic heterocycles.